The van der Waals surface area contributed by atoms with Gasteiger partial charge in [-0.3, -0.25) is 0 Å². The number of rotatable bonds is 12. The van der Waals surface area contributed by atoms with Crippen LogP contribution in [0, 0.1) is 0 Å². The van der Waals surface area contributed by atoms with Crippen LogP contribution in [0.2, 0.25) is 0 Å². The summed E-state index contributed by atoms with van der Waals surface area (Å²) in [7, 11) is 0. The monoisotopic (exact) mass is 466 g/mol. The normalized spacial score (nSPS) is 11.8. The molecule has 0 saturated carbocycles. The molecule has 188 valence electrons. The van der Waals surface area contributed by atoms with Gasteiger partial charge in [0.05, 0.1) is 17.1 Å². The Morgan fingerprint density at radius 1 is 0.412 bits per heavy atom. The number of hydrogen-bond acceptors (Lipinski definition) is 3. The molecule has 6 heteroatoms. The van der Waals surface area contributed by atoms with Gasteiger partial charge in [-0.15, -0.1) is 0 Å². The number of aryl methyl sites for hydroxylation is 3. The van der Waals surface area contributed by atoms with Crippen molar-refractivity contribution in [2.75, 3.05) is 0 Å². The molecule has 0 N–H and O–H groups in total. The third kappa shape index (κ3) is 4.25. The van der Waals surface area contributed by atoms with E-state index in [4.69, 9.17) is 15.3 Å². The van der Waals surface area contributed by atoms with E-state index in [9.17, 15) is 0 Å². The second-order valence-electron chi connectivity index (χ2n) is 8.98. The maximum Gasteiger partial charge on any atom is 0.238 e. The molecule has 0 amide bonds. The van der Waals surface area contributed by atoms with Crippen LogP contribution in [0.15, 0.2) is 0 Å². The molecule has 3 rings (SSSR count). The molecule has 0 bridgehead atoms. The van der Waals surface area contributed by atoms with Gasteiger partial charge in [0.15, 0.2) is 0 Å². The average Bonchev–Trinajstić information content (AvgIpc) is 3.53. The molecule has 6 nitrogen and oxygen atoms in total. The Balaban J connectivity index is 2.45. The minimum absolute atomic E-state index is 0.221. The van der Waals surface area contributed by atoms with Crippen molar-refractivity contribution in [2.24, 2.45) is 0 Å². The molecule has 0 fully saturated rings. The minimum atomic E-state index is -0.221. The van der Waals surface area contributed by atoms with Crippen molar-refractivity contribution in [3.63, 3.8) is 0 Å². The zero-order chi connectivity index (χ0) is 25.0. The lowest BCUT2D eigenvalue weighted by Gasteiger charge is -2.25. The lowest BCUT2D eigenvalue weighted by Crippen LogP contribution is -2.32. The van der Waals surface area contributed by atoms with Gasteiger partial charge in [0.1, 0.15) is 0 Å². The lowest BCUT2D eigenvalue weighted by molar-refractivity contribution is 0.262. The molecule has 0 spiro atoms. The molecule has 34 heavy (non-hydrogen) atoms. The van der Waals surface area contributed by atoms with E-state index in [0.29, 0.717) is 0 Å². The van der Waals surface area contributed by atoms with Crippen molar-refractivity contribution in [1.82, 2.24) is 29.3 Å². The SMILES string of the molecule is CCc1nn(C(n2nc(CC)c(CC)c2CC)n2nc(CC)c(CC)c2CC)c(CC)c1CC. The number of hydrogen-bond donors (Lipinski definition) is 0. The van der Waals surface area contributed by atoms with Crippen molar-refractivity contribution in [2.45, 2.75) is 126 Å². The van der Waals surface area contributed by atoms with E-state index < -0.39 is 0 Å². The van der Waals surface area contributed by atoms with Gasteiger partial charge < -0.3 is 0 Å². The van der Waals surface area contributed by atoms with Crippen LogP contribution in [-0.2, 0) is 57.8 Å². The van der Waals surface area contributed by atoms with Crippen molar-refractivity contribution < 1.29 is 0 Å². The summed E-state index contributed by atoms with van der Waals surface area (Å²) >= 11 is 0. The van der Waals surface area contributed by atoms with Gasteiger partial charge in [0.2, 0.25) is 6.29 Å². The molecule has 0 atom stereocenters. The smallest absolute Gasteiger partial charge is 0.224 e. The quantitative estimate of drug-likeness (QED) is 0.334. The first kappa shape index (κ1) is 26.2. The zero-order valence-corrected chi connectivity index (χ0v) is 23.1. The molecular formula is C28H46N6. The Hall–Kier alpha value is -2.37. The lowest BCUT2D eigenvalue weighted by atomic mass is 10.1. The van der Waals surface area contributed by atoms with E-state index in [1.165, 1.54) is 50.9 Å². The Bertz CT molecular complexity index is 959. The summed E-state index contributed by atoms with van der Waals surface area (Å²) in [6, 6.07) is 0. The second kappa shape index (κ2) is 11.4. The Morgan fingerprint density at radius 3 is 0.853 bits per heavy atom. The van der Waals surface area contributed by atoms with Crippen molar-refractivity contribution in [3.8, 4) is 0 Å². The highest BCUT2D eigenvalue weighted by atomic mass is 15.6. The molecule has 0 radical (unpaired) electrons. The van der Waals surface area contributed by atoms with E-state index in [-0.39, 0.29) is 6.29 Å². The molecule has 3 heterocycles. The van der Waals surface area contributed by atoms with Crippen molar-refractivity contribution in [3.05, 3.63) is 50.9 Å². The highest BCUT2D eigenvalue weighted by Gasteiger charge is 2.31. The van der Waals surface area contributed by atoms with Crippen molar-refractivity contribution in [1.29, 1.82) is 0 Å². The van der Waals surface area contributed by atoms with Crippen LogP contribution in [-0.4, -0.2) is 29.3 Å². The Morgan fingerprint density at radius 2 is 0.676 bits per heavy atom. The first-order valence-electron chi connectivity index (χ1n) is 13.8. The maximum atomic E-state index is 5.25. The first-order valence-corrected chi connectivity index (χ1v) is 13.8. The summed E-state index contributed by atoms with van der Waals surface area (Å²) in [5, 5.41) is 15.8. The molecule has 0 aliphatic carbocycles. The van der Waals surface area contributed by atoms with E-state index in [0.717, 1.165) is 57.8 Å². The summed E-state index contributed by atoms with van der Waals surface area (Å²) in [5.74, 6) is 0. The first-order chi connectivity index (χ1) is 16.5. The summed E-state index contributed by atoms with van der Waals surface area (Å²) in [4.78, 5) is 0. The van der Waals surface area contributed by atoms with E-state index >= 15 is 0 Å². The molecule has 0 unspecified atom stereocenters. The van der Waals surface area contributed by atoms with Crippen molar-refractivity contribution >= 4 is 0 Å². The van der Waals surface area contributed by atoms with Crippen LogP contribution in [0.4, 0.5) is 0 Å². The van der Waals surface area contributed by atoms with Crippen LogP contribution in [0.3, 0.4) is 0 Å². The maximum absolute atomic E-state index is 5.25. The van der Waals surface area contributed by atoms with Gasteiger partial charge in [-0.25, -0.2) is 14.0 Å². The number of aromatic nitrogens is 6. The molecule has 3 aromatic rings. The largest absolute Gasteiger partial charge is 0.238 e. The Kier molecular flexibility index (Phi) is 8.78. The van der Waals surface area contributed by atoms with Gasteiger partial charge in [0.25, 0.3) is 0 Å². The average molecular weight is 467 g/mol. The summed E-state index contributed by atoms with van der Waals surface area (Å²) in [5.41, 5.74) is 11.7. The molecule has 0 aliphatic rings. The van der Waals surface area contributed by atoms with E-state index in [1.54, 1.807) is 0 Å². The van der Waals surface area contributed by atoms with Crippen LogP contribution in [0.1, 0.15) is 119 Å². The summed E-state index contributed by atoms with van der Waals surface area (Å²) in [6.07, 6.45) is 8.43. The van der Waals surface area contributed by atoms with Gasteiger partial charge in [-0.1, -0.05) is 62.3 Å². The van der Waals surface area contributed by atoms with Crippen LogP contribution < -0.4 is 0 Å². The predicted molar refractivity (Wildman–Crippen MR) is 141 cm³/mol. The predicted octanol–water partition coefficient (Wildman–Crippen LogP) is 5.89. The fourth-order valence-corrected chi connectivity index (χ4v) is 5.75. The summed E-state index contributed by atoms with van der Waals surface area (Å²) in [6.45, 7) is 20.1. The molecule has 0 saturated heterocycles. The second-order valence-corrected chi connectivity index (χ2v) is 8.98. The highest BCUT2D eigenvalue weighted by Crippen LogP contribution is 2.30. The van der Waals surface area contributed by atoms with E-state index in [2.05, 4.69) is 76.4 Å². The fraction of sp³-hybridized carbons (Fsp3) is 0.679. The van der Waals surface area contributed by atoms with Gasteiger partial charge in [-0.2, -0.15) is 15.3 Å². The Labute approximate surface area is 206 Å². The third-order valence-electron chi connectivity index (χ3n) is 7.33. The van der Waals surface area contributed by atoms with Crippen LogP contribution in [0.5, 0.6) is 0 Å². The van der Waals surface area contributed by atoms with Gasteiger partial charge >= 0.3 is 0 Å². The number of nitrogens with zero attached hydrogens (tertiary/aromatic N) is 6. The molecule has 0 aliphatic heterocycles. The van der Waals surface area contributed by atoms with Gasteiger partial charge in [-0.05, 0) is 74.5 Å². The fourth-order valence-electron chi connectivity index (χ4n) is 5.75. The van der Waals surface area contributed by atoms with Crippen LogP contribution in [0.25, 0.3) is 0 Å². The molecule has 3 aromatic heterocycles. The van der Waals surface area contributed by atoms with E-state index in [1.807, 2.05) is 0 Å². The standard InChI is InChI=1S/C28H46N6/c1-10-19-22(13-4)29-32(25(19)16-7)28(33-26(17-8)20(11-2)23(14-5)30-33)34-27(18-9)21(12-3)24(15-6)31-34/h28H,10-18H2,1-9H3. The highest BCUT2D eigenvalue weighted by molar-refractivity contribution is 5.32. The third-order valence-corrected chi connectivity index (χ3v) is 7.33. The topological polar surface area (TPSA) is 53.5 Å². The molecule has 0 aromatic carbocycles. The van der Waals surface area contributed by atoms with Gasteiger partial charge in [0, 0.05) is 17.1 Å². The molecular weight excluding hydrogens is 420 g/mol. The zero-order valence-electron chi connectivity index (χ0n) is 23.1. The summed E-state index contributed by atoms with van der Waals surface area (Å²) < 4.78 is 6.77. The minimum Gasteiger partial charge on any atom is -0.224 e. The van der Waals surface area contributed by atoms with Crippen LogP contribution >= 0.6 is 0 Å².